The summed E-state index contributed by atoms with van der Waals surface area (Å²) in [5, 5.41) is 13.5. The fourth-order valence-corrected chi connectivity index (χ4v) is 2.04. The van der Waals surface area contributed by atoms with Gasteiger partial charge in [0.1, 0.15) is 11.9 Å². The number of nitrogens with zero attached hydrogens (tertiary/aromatic N) is 2. The molecule has 0 aliphatic rings. The predicted octanol–water partition coefficient (Wildman–Crippen LogP) is 1.92. The van der Waals surface area contributed by atoms with Crippen LogP contribution in [0, 0.1) is 17.1 Å². The van der Waals surface area contributed by atoms with Crippen molar-refractivity contribution in [3.63, 3.8) is 0 Å². The lowest BCUT2D eigenvalue weighted by Gasteiger charge is -2.05. The Labute approximate surface area is 112 Å². The minimum Gasteiger partial charge on any atom is -0.375 e. The summed E-state index contributed by atoms with van der Waals surface area (Å²) in [4.78, 5) is 15.7. The average molecular weight is 276 g/mol. The Morgan fingerprint density at radius 1 is 1.58 bits per heavy atom. The van der Waals surface area contributed by atoms with E-state index >= 15 is 0 Å². The van der Waals surface area contributed by atoms with E-state index in [1.165, 1.54) is 23.5 Å². The average Bonchev–Trinajstić information content (AvgIpc) is 2.76. The van der Waals surface area contributed by atoms with E-state index in [0.29, 0.717) is 10.8 Å². The highest BCUT2D eigenvalue weighted by Crippen LogP contribution is 2.17. The van der Waals surface area contributed by atoms with Crippen molar-refractivity contribution in [2.75, 3.05) is 11.1 Å². The van der Waals surface area contributed by atoms with Crippen LogP contribution in [-0.4, -0.2) is 10.9 Å². The molecule has 0 atom stereocenters. The summed E-state index contributed by atoms with van der Waals surface area (Å²) in [5.41, 5.74) is 6.37. The number of hydrogen-bond donors (Lipinski definition) is 2. The Morgan fingerprint density at radius 3 is 3.00 bits per heavy atom. The molecule has 7 heteroatoms. The lowest BCUT2D eigenvalue weighted by atomic mass is 10.2. The van der Waals surface area contributed by atoms with E-state index in [1.54, 1.807) is 5.38 Å². The van der Waals surface area contributed by atoms with Crippen LogP contribution < -0.4 is 11.1 Å². The smallest absolute Gasteiger partial charge is 0.230 e. The molecule has 0 aliphatic heterocycles. The number of benzene rings is 1. The molecule has 5 nitrogen and oxygen atoms in total. The highest BCUT2D eigenvalue weighted by molar-refractivity contribution is 7.13. The fourth-order valence-electron chi connectivity index (χ4n) is 1.48. The molecule has 1 amide bonds. The number of nitrogen functional groups attached to an aromatic ring is 1. The van der Waals surface area contributed by atoms with E-state index < -0.39 is 5.82 Å². The topological polar surface area (TPSA) is 91.8 Å². The first-order chi connectivity index (χ1) is 9.08. The maximum absolute atomic E-state index is 12.9. The first kappa shape index (κ1) is 13.0. The summed E-state index contributed by atoms with van der Waals surface area (Å²) in [5.74, 6) is -0.866. The van der Waals surface area contributed by atoms with Crippen LogP contribution in [0.25, 0.3) is 0 Å². The van der Waals surface area contributed by atoms with E-state index in [2.05, 4.69) is 10.3 Å². The van der Waals surface area contributed by atoms with Crippen LogP contribution in [0.3, 0.4) is 0 Å². The number of halogens is 1. The molecule has 2 aromatic rings. The molecule has 2 rings (SSSR count). The summed E-state index contributed by atoms with van der Waals surface area (Å²) in [7, 11) is 0. The molecular formula is C12H9FN4OS. The molecule has 1 aromatic heterocycles. The van der Waals surface area contributed by atoms with Gasteiger partial charge in [0, 0.05) is 5.38 Å². The molecule has 0 saturated heterocycles. The fraction of sp³-hybridized carbons (Fsp3) is 0.0833. The van der Waals surface area contributed by atoms with Crippen molar-refractivity contribution < 1.29 is 9.18 Å². The second-order valence-corrected chi connectivity index (χ2v) is 4.59. The second-order valence-electron chi connectivity index (χ2n) is 3.70. The number of carbonyl (C=O) groups is 1. The van der Waals surface area contributed by atoms with Gasteiger partial charge in [-0.05, 0) is 18.2 Å². The number of nitrogens with two attached hydrogens (primary N) is 1. The SMILES string of the molecule is N#Cc1cc(F)ccc1NC(=O)Cc1csc(N)n1. The highest BCUT2D eigenvalue weighted by Gasteiger charge is 2.10. The van der Waals surface area contributed by atoms with Crippen molar-refractivity contribution in [2.45, 2.75) is 6.42 Å². The molecule has 1 heterocycles. The largest absolute Gasteiger partial charge is 0.375 e. The van der Waals surface area contributed by atoms with Gasteiger partial charge in [-0.3, -0.25) is 4.79 Å². The van der Waals surface area contributed by atoms with Gasteiger partial charge >= 0.3 is 0 Å². The van der Waals surface area contributed by atoms with Gasteiger partial charge in [-0.25, -0.2) is 9.37 Å². The van der Waals surface area contributed by atoms with Crippen LogP contribution in [0.1, 0.15) is 11.3 Å². The molecule has 1 aromatic carbocycles. The summed E-state index contributed by atoms with van der Waals surface area (Å²) >= 11 is 1.25. The van der Waals surface area contributed by atoms with E-state index in [0.717, 1.165) is 6.07 Å². The summed E-state index contributed by atoms with van der Waals surface area (Å²) < 4.78 is 12.9. The number of thiazole rings is 1. The van der Waals surface area contributed by atoms with E-state index in [1.807, 2.05) is 6.07 Å². The van der Waals surface area contributed by atoms with Gasteiger partial charge in [0.15, 0.2) is 5.13 Å². The van der Waals surface area contributed by atoms with Crippen LogP contribution >= 0.6 is 11.3 Å². The highest BCUT2D eigenvalue weighted by atomic mass is 32.1. The van der Waals surface area contributed by atoms with Gasteiger partial charge in [-0.2, -0.15) is 5.26 Å². The minimum atomic E-state index is -0.526. The van der Waals surface area contributed by atoms with Crippen molar-refractivity contribution in [1.82, 2.24) is 4.98 Å². The van der Waals surface area contributed by atoms with Crippen LogP contribution in [0.15, 0.2) is 23.6 Å². The maximum atomic E-state index is 12.9. The second kappa shape index (κ2) is 5.46. The van der Waals surface area contributed by atoms with E-state index in [9.17, 15) is 9.18 Å². The van der Waals surface area contributed by atoms with Gasteiger partial charge in [-0.1, -0.05) is 0 Å². The third-order valence-corrected chi connectivity index (χ3v) is 3.01. The molecular weight excluding hydrogens is 267 g/mol. The molecule has 3 N–H and O–H groups in total. The van der Waals surface area contributed by atoms with Crippen molar-refractivity contribution in [3.05, 3.63) is 40.7 Å². The number of amides is 1. The number of nitrogens with one attached hydrogen (secondary N) is 1. The lowest BCUT2D eigenvalue weighted by molar-refractivity contribution is -0.115. The summed E-state index contributed by atoms with van der Waals surface area (Å²) in [6, 6.07) is 5.41. The molecule has 0 spiro atoms. The molecule has 0 saturated carbocycles. The zero-order valence-corrected chi connectivity index (χ0v) is 10.5. The maximum Gasteiger partial charge on any atom is 0.230 e. The van der Waals surface area contributed by atoms with Crippen LogP contribution in [0.5, 0.6) is 0 Å². The molecule has 96 valence electrons. The Morgan fingerprint density at radius 2 is 2.37 bits per heavy atom. The quantitative estimate of drug-likeness (QED) is 0.895. The molecule has 0 unspecified atom stereocenters. The van der Waals surface area contributed by atoms with Crippen LogP contribution in [-0.2, 0) is 11.2 Å². The zero-order chi connectivity index (χ0) is 13.8. The molecule has 0 radical (unpaired) electrons. The lowest BCUT2D eigenvalue weighted by Crippen LogP contribution is -2.15. The van der Waals surface area contributed by atoms with Gasteiger partial charge < -0.3 is 11.1 Å². The third-order valence-electron chi connectivity index (χ3n) is 2.29. The van der Waals surface area contributed by atoms with E-state index in [-0.39, 0.29) is 23.6 Å². The zero-order valence-electron chi connectivity index (χ0n) is 9.68. The first-order valence-electron chi connectivity index (χ1n) is 5.28. The summed E-state index contributed by atoms with van der Waals surface area (Å²) in [6.45, 7) is 0. The number of hydrogen-bond acceptors (Lipinski definition) is 5. The summed E-state index contributed by atoms with van der Waals surface area (Å²) in [6.07, 6.45) is 0.0515. The molecule has 0 aliphatic carbocycles. The van der Waals surface area contributed by atoms with Gasteiger partial charge in [0.05, 0.1) is 23.4 Å². The molecule has 19 heavy (non-hydrogen) atoms. The van der Waals surface area contributed by atoms with Crippen molar-refractivity contribution in [3.8, 4) is 6.07 Å². The Bertz CT molecular complexity index is 662. The van der Waals surface area contributed by atoms with E-state index in [4.69, 9.17) is 11.0 Å². The normalized spacial score (nSPS) is 9.89. The standard InChI is InChI=1S/C12H9FN4OS/c13-8-1-2-10(7(3-8)5-14)17-11(18)4-9-6-19-12(15)16-9/h1-3,6H,4H2,(H2,15,16)(H,17,18). The minimum absolute atomic E-state index is 0.0515. The number of carbonyl (C=O) groups excluding carboxylic acids is 1. The third kappa shape index (κ3) is 3.26. The molecule has 0 fully saturated rings. The van der Waals surface area contributed by atoms with Gasteiger partial charge in [0.2, 0.25) is 5.91 Å². The van der Waals surface area contributed by atoms with Crippen molar-refractivity contribution in [2.24, 2.45) is 0 Å². The number of aromatic nitrogens is 1. The number of anilines is 2. The van der Waals surface area contributed by atoms with Crippen molar-refractivity contribution in [1.29, 1.82) is 5.26 Å². The van der Waals surface area contributed by atoms with Gasteiger partial charge in [-0.15, -0.1) is 11.3 Å². The first-order valence-corrected chi connectivity index (χ1v) is 6.16. The van der Waals surface area contributed by atoms with Gasteiger partial charge in [0.25, 0.3) is 0 Å². The Hall–Kier alpha value is -2.46. The predicted molar refractivity (Wildman–Crippen MR) is 70.0 cm³/mol. The number of rotatable bonds is 3. The Kier molecular flexibility index (Phi) is 3.73. The molecule has 0 bridgehead atoms. The van der Waals surface area contributed by atoms with Crippen LogP contribution in [0.2, 0.25) is 0 Å². The van der Waals surface area contributed by atoms with Crippen molar-refractivity contribution >= 4 is 28.1 Å². The Balaban J connectivity index is 2.09. The monoisotopic (exact) mass is 276 g/mol. The van der Waals surface area contributed by atoms with Crippen LogP contribution in [0.4, 0.5) is 15.2 Å². The number of nitriles is 1.